The van der Waals surface area contributed by atoms with Gasteiger partial charge >= 0.3 is 0 Å². The van der Waals surface area contributed by atoms with E-state index < -0.39 is 17.7 Å². The van der Waals surface area contributed by atoms with Gasteiger partial charge in [-0.25, -0.2) is 8.78 Å². The summed E-state index contributed by atoms with van der Waals surface area (Å²) in [5.41, 5.74) is 0.416. The fraction of sp³-hybridized carbons (Fsp3) is 0.652. The minimum atomic E-state index is -0.892. The molecule has 0 spiro atoms. The first kappa shape index (κ1) is 19.5. The highest BCUT2D eigenvalue weighted by molar-refractivity contribution is 5.27. The normalized spacial score (nSPS) is 31.3. The van der Waals surface area contributed by atoms with Crippen molar-refractivity contribution >= 4 is 0 Å². The molecule has 0 saturated heterocycles. The topological polar surface area (TPSA) is 20.2 Å². The molecule has 0 radical (unpaired) electrons. The third-order valence-electron chi connectivity index (χ3n) is 6.83. The molecule has 0 amide bonds. The van der Waals surface area contributed by atoms with Crippen molar-refractivity contribution < 1.29 is 13.9 Å². The number of aliphatic hydroxyl groups excluding tert-OH is 1. The largest absolute Gasteiger partial charge is 0.388 e. The number of hydrogen-bond acceptors (Lipinski definition) is 1. The van der Waals surface area contributed by atoms with Gasteiger partial charge in [0.05, 0.1) is 6.10 Å². The van der Waals surface area contributed by atoms with E-state index in [9.17, 15) is 13.9 Å². The minimum absolute atomic E-state index is 0.0437. The molecule has 26 heavy (non-hydrogen) atoms. The van der Waals surface area contributed by atoms with Gasteiger partial charge in [-0.2, -0.15) is 0 Å². The Kier molecular flexibility index (Phi) is 6.50. The molecular weight excluding hydrogens is 330 g/mol. The molecule has 3 heteroatoms. The van der Waals surface area contributed by atoms with Crippen LogP contribution >= 0.6 is 0 Å². The van der Waals surface area contributed by atoms with Gasteiger partial charge in [0, 0.05) is 5.56 Å². The Balaban J connectivity index is 1.55. The molecule has 1 aromatic carbocycles. The molecule has 0 bridgehead atoms. The number of allylic oxidation sites excluding steroid dienone is 2. The third kappa shape index (κ3) is 4.19. The predicted octanol–water partition coefficient (Wildman–Crippen LogP) is 6.50. The maximum atomic E-state index is 14.2. The number of benzene rings is 1. The van der Waals surface area contributed by atoms with Crippen molar-refractivity contribution in [1.29, 1.82) is 0 Å². The highest BCUT2D eigenvalue weighted by Crippen LogP contribution is 2.44. The van der Waals surface area contributed by atoms with Gasteiger partial charge < -0.3 is 5.11 Å². The number of aliphatic hydroxyl groups is 1. The van der Waals surface area contributed by atoms with Crippen molar-refractivity contribution in [1.82, 2.24) is 0 Å². The summed E-state index contributed by atoms with van der Waals surface area (Å²) in [4.78, 5) is 0. The summed E-state index contributed by atoms with van der Waals surface area (Å²) < 4.78 is 28.0. The van der Waals surface area contributed by atoms with Crippen LogP contribution in [-0.2, 0) is 0 Å². The Labute approximate surface area is 156 Å². The molecule has 144 valence electrons. The zero-order valence-corrected chi connectivity index (χ0v) is 16.1. The molecule has 1 unspecified atom stereocenters. The SMILES string of the molecule is C/C=C/C1CCC(C2CCC(C(O)c3ccc(C)c(F)c3F)CC2)CC1. The van der Waals surface area contributed by atoms with Gasteiger partial charge in [0.15, 0.2) is 11.6 Å². The lowest BCUT2D eigenvalue weighted by atomic mass is 9.68. The lowest BCUT2D eigenvalue weighted by molar-refractivity contribution is 0.0550. The van der Waals surface area contributed by atoms with E-state index in [1.165, 1.54) is 25.7 Å². The fourth-order valence-electron chi connectivity index (χ4n) is 5.16. The molecule has 3 rings (SSSR count). The smallest absolute Gasteiger partial charge is 0.164 e. The maximum Gasteiger partial charge on any atom is 0.164 e. The number of aryl methyl sites for hydroxylation is 1. The molecule has 1 N–H and O–H groups in total. The quantitative estimate of drug-likeness (QED) is 0.607. The zero-order valence-electron chi connectivity index (χ0n) is 16.1. The van der Waals surface area contributed by atoms with Gasteiger partial charge in [-0.15, -0.1) is 0 Å². The average Bonchev–Trinajstić information content (AvgIpc) is 2.67. The van der Waals surface area contributed by atoms with Crippen molar-refractivity contribution in [3.05, 3.63) is 47.0 Å². The summed E-state index contributed by atoms with van der Waals surface area (Å²) >= 11 is 0. The van der Waals surface area contributed by atoms with Crippen molar-refractivity contribution in [3.63, 3.8) is 0 Å². The lowest BCUT2D eigenvalue weighted by Gasteiger charge is -2.38. The molecular formula is C23H32F2O. The summed E-state index contributed by atoms with van der Waals surface area (Å²) in [5, 5.41) is 10.6. The molecule has 2 aliphatic carbocycles. The summed E-state index contributed by atoms with van der Waals surface area (Å²) in [7, 11) is 0. The zero-order chi connectivity index (χ0) is 18.7. The Bertz CT molecular complexity index is 623. The van der Waals surface area contributed by atoms with Crippen LogP contribution in [0.15, 0.2) is 24.3 Å². The highest BCUT2D eigenvalue weighted by Gasteiger charge is 2.34. The van der Waals surface area contributed by atoms with Crippen molar-refractivity contribution in [2.24, 2.45) is 23.7 Å². The van der Waals surface area contributed by atoms with Gasteiger partial charge in [-0.3, -0.25) is 0 Å². The van der Waals surface area contributed by atoms with Crippen LogP contribution in [-0.4, -0.2) is 5.11 Å². The summed E-state index contributed by atoms with van der Waals surface area (Å²) in [6, 6.07) is 3.11. The van der Waals surface area contributed by atoms with E-state index >= 15 is 0 Å². The van der Waals surface area contributed by atoms with Crippen LogP contribution in [0.3, 0.4) is 0 Å². The van der Waals surface area contributed by atoms with Crippen LogP contribution in [0, 0.1) is 42.2 Å². The monoisotopic (exact) mass is 362 g/mol. The minimum Gasteiger partial charge on any atom is -0.388 e. The highest BCUT2D eigenvalue weighted by atomic mass is 19.2. The second kappa shape index (κ2) is 8.65. The first-order valence-electron chi connectivity index (χ1n) is 10.3. The summed E-state index contributed by atoms with van der Waals surface area (Å²) in [6.45, 7) is 3.65. The van der Waals surface area contributed by atoms with Gasteiger partial charge in [-0.05, 0) is 94.4 Å². The standard InChI is InChI=1S/C23H32F2O/c1-3-4-16-6-8-17(9-7-16)18-10-12-19(13-11-18)23(26)20-14-5-15(2)21(24)22(20)25/h3-5,14,16-19,23,26H,6-13H2,1-2H3/b4-3+. The van der Waals surface area contributed by atoms with E-state index in [4.69, 9.17) is 0 Å². The van der Waals surface area contributed by atoms with Crippen molar-refractivity contribution in [2.75, 3.05) is 0 Å². The molecule has 1 nitrogen and oxygen atoms in total. The Morgan fingerprint density at radius 2 is 1.50 bits per heavy atom. The predicted molar refractivity (Wildman–Crippen MR) is 102 cm³/mol. The van der Waals surface area contributed by atoms with Crippen molar-refractivity contribution in [3.8, 4) is 0 Å². The van der Waals surface area contributed by atoms with E-state index in [-0.39, 0.29) is 17.0 Å². The van der Waals surface area contributed by atoms with Crippen LogP contribution in [0.2, 0.25) is 0 Å². The van der Waals surface area contributed by atoms with Crippen LogP contribution in [0.4, 0.5) is 8.78 Å². The van der Waals surface area contributed by atoms with E-state index in [0.29, 0.717) is 0 Å². The summed E-state index contributed by atoms with van der Waals surface area (Å²) in [5.74, 6) is 0.652. The Hall–Kier alpha value is -1.22. The van der Waals surface area contributed by atoms with Gasteiger partial charge in [0.2, 0.25) is 0 Å². The van der Waals surface area contributed by atoms with Gasteiger partial charge in [0.25, 0.3) is 0 Å². The van der Waals surface area contributed by atoms with Gasteiger partial charge in [-0.1, -0.05) is 24.3 Å². The molecule has 0 aliphatic heterocycles. The molecule has 2 aliphatic rings. The van der Waals surface area contributed by atoms with Crippen LogP contribution in [0.5, 0.6) is 0 Å². The van der Waals surface area contributed by atoms with Crippen LogP contribution < -0.4 is 0 Å². The lowest BCUT2D eigenvalue weighted by Crippen LogP contribution is -2.27. The van der Waals surface area contributed by atoms with Crippen LogP contribution in [0.1, 0.15) is 75.5 Å². The van der Waals surface area contributed by atoms with E-state index in [0.717, 1.165) is 43.4 Å². The van der Waals surface area contributed by atoms with E-state index in [1.54, 1.807) is 19.1 Å². The first-order valence-corrected chi connectivity index (χ1v) is 10.3. The van der Waals surface area contributed by atoms with Crippen molar-refractivity contribution in [2.45, 2.75) is 71.3 Å². The molecule has 2 saturated carbocycles. The van der Waals surface area contributed by atoms with E-state index in [2.05, 4.69) is 19.1 Å². The average molecular weight is 363 g/mol. The second-order valence-electron chi connectivity index (χ2n) is 8.42. The van der Waals surface area contributed by atoms with Gasteiger partial charge in [0.1, 0.15) is 0 Å². The van der Waals surface area contributed by atoms with E-state index in [1.807, 2.05) is 0 Å². The molecule has 2 fully saturated rings. The number of halogens is 2. The van der Waals surface area contributed by atoms with Crippen LogP contribution in [0.25, 0.3) is 0 Å². The fourth-order valence-corrected chi connectivity index (χ4v) is 5.16. The molecule has 1 aromatic rings. The maximum absolute atomic E-state index is 14.2. The summed E-state index contributed by atoms with van der Waals surface area (Å²) in [6.07, 6.45) is 12.9. The number of rotatable bonds is 4. The molecule has 0 heterocycles. The Morgan fingerprint density at radius 1 is 0.923 bits per heavy atom. The second-order valence-corrected chi connectivity index (χ2v) is 8.42. The third-order valence-corrected chi connectivity index (χ3v) is 6.83. The molecule has 0 aromatic heterocycles. The molecule has 1 atom stereocenters. The first-order chi connectivity index (χ1) is 12.5. The Morgan fingerprint density at radius 3 is 2.08 bits per heavy atom. The number of hydrogen-bond donors (Lipinski definition) is 1.